The Hall–Kier alpha value is -0.910. The zero-order chi connectivity index (χ0) is 13.0. The van der Waals surface area contributed by atoms with Crippen molar-refractivity contribution in [3.8, 4) is 0 Å². The molecule has 2 rings (SSSR count). The molecule has 2 aromatic rings. The average Bonchev–Trinajstić information content (AvgIpc) is 2.78. The molecule has 1 heterocycles. The molecule has 1 aromatic heterocycles. The van der Waals surface area contributed by atoms with E-state index in [0.29, 0.717) is 6.04 Å². The summed E-state index contributed by atoms with van der Waals surface area (Å²) < 4.78 is 5.24. The van der Waals surface area contributed by atoms with Gasteiger partial charge in [0.05, 0.1) is 0 Å². The summed E-state index contributed by atoms with van der Waals surface area (Å²) >= 11 is 3.24. The number of hydrogen-bond donors (Lipinski definition) is 1. The highest BCUT2D eigenvalue weighted by molar-refractivity contribution is 8.00. The highest BCUT2D eigenvalue weighted by Gasteiger charge is 2.13. The van der Waals surface area contributed by atoms with Gasteiger partial charge in [-0.05, 0) is 43.6 Å². The Morgan fingerprint density at radius 1 is 1.33 bits per heavy atom. The molecule has 0 aliphatic rings. The lowest BCUT2D eigenvalue weighted by molar-refractivity contribution is 0.658. The Morgan fingerprint density at radius 2 is 2.11 bits per heavy atom. The summed E-state index contributed by atoms with van der Waals surface area (Å²) in [6.07, 6.45) is 0. The number of rotatable bonds is 5. The van der Waals surface area contributed by atoms with Gasteiger partial charge in [-0.15, -0.1) is 0 Å². The molecule has 0 saturated heterocycles. The van der Waals surface area contributed by atoms with Crippen LogP contribution in [0.1, 0.15) is 23.0 Å². The smallest absolute Gasteiger partial charge is 0.170 e. The van der Waals surface area contributed by atoms with Crippen LogP contribution in [0.5, 0.6) is 0 Å². The molecule has 1 atom stereocenters. The molecule has 0 spiro atoms. The Bertz CT molecular complexity index is 510. The summed E-state index contributed by atoms with van der Waals surface area (Å²) in [5.41, 5.74) is 2.68. The first kappa shape index (κ1) is 13.5. The second kappa shape index (κ2) is 6.31. The van der Waals surface area contributed by atoms with Crippen LogP contribution >= 0.6 is 23.3 Å². The lowest BCUT2D eigenvalue weighted by Crippen LogP contribution is -2.19. The summed E-state index contributed by atoms with van der Waals surface area (Å²) in [6.45, 7) is 4.08. The van der Waals surface area contributed by atoms with E-state index >= 15 is 0 Å². The van der Waals surface area contributed by atoms with Gasteiger partial charge < -0.3 is 5.32 Å². The number of aromatic nitrogens is 2. The predicted octanol–water partition coefficient (Wildman–Crippen LogP) is 3.21. The van der Waals surface area contributed by atoms with Crippen molar-refractivity contribution in [2.24, 2.45) is 0 Å². The van der Waals surface area contributed by atoms with E-state index in [0.717, 1.165) is 15.9 Å². The maximum atomic E-state index is 4.38. The molecule has 1 unspecified atom stereocenters. The minimum atomic E-state index is 0.348. The normalized spacial score (nSPS) is 12.6. The third-order valence-electron chi connectivity index (χ3n) is 2.79. The molecule has 5 heteroatoms. The summed E-state index contributed by atoms with van der Waals surface area (Å²) in [6, 6.07) is 8.85. The lowest BCUT2D eigenvalue weighted by Gasteiger charge is -2.17. The van der Waals surface area contributed by atoms with E-state index in [1.807, 2.05) is 14.0 Å². The summed E-state index contributed by atoms with van der Waals surface area (Å²) in [7, 11) is 2.00. The van der Waals surface area contributed by atoms with Crippen LogP contribution < -0.4 is 5.32 Å². The van der Waals surface area contributed by atoms with Crippen LogP contribution in [0.25, 0.3) is 0 Å². The molecule has 1 N–H and O–H groups in total. The predicted molar refractivity (Wildman–Crippen MR) is 78.3 cm³/mol. The average molecular weight is 279 g/mol. The van der Waals surface area contributed by atoms with Gasteiger partial charge >= 0.3 is 0 Å². The maximum Gasteiger partial charge on any atom is 0.170 e. The lowest BCUT2D eigenvalue weighted by atomic mass is 10.0. The molecule has 0 aliphatic carbocycles. The maximum absolute atomic E-state index is 4.38. The van der Waals surface area contributed by atoms with Crippen LogP contribution in [-0.4, -0.2) is 22.2 Å². The standard InChI is InChI=1S/C13H17N3S2/c1-9-6-4-5-7-11(9)12(14-3)8-17-13-15-10(2)16-18-13/h4-7,12,14H,8H2,1-3H3. The number of thioether (sulfide) groups is 1. The highest BCUT2D eigenvalue weighted by Crippen LogP contribution is 2.27. The number of aryl methyl sites for hydroxylation is 2. The second-order valence-electron chi connectivity index (χ2n) is 4.12. The van der Waals surface area contributed by atoms with Crippen molar-refractivity contribution in [1.29, 1.82) is 0 Å². The monoisotopic (exact) mass is 279 g/mol. The van der Waals surface area contributed by atoms with E-state index in [4.69, 9.17) is 0 Å². The van der Waals surface area contributed by atoms with Crippen molar-refractivity contribution in [3.63, 3.8) is 0 Å². The fraction of sp³-hybridized carbons (Fsp3) is 0.385. The third-order valence-corrected chi connectivity index (χ3v) is 4.81. The fourth-order valence-electron chi connectivity index (χ4n) is 1.80. The van der Waals surface area contributed by atoms with Gasteiger partial charge in [-0.1, -0.05) is 36.0 Å². The molecule has 0 saturated carbocycles. The molecule has 0 aliphatic heterocycles. The van der Waals surface area contributed by atoms with E-state index in [1.165, 1.54) is 22.7 Å². The molecule has 0 bridgehead atoms. The quantitative estimate of drug-likeness (QED) is 0.853. The topological polar surface area (TPSA) is 37.8 Å². The van der Waals surface area contributed by atoms with Gasteiger partial charge in [0.2, 0.25) is 0 Å². The Balaban J connectivity index is 2.04. The number of nitrogens with zero attached hydrogens (tertiary/aromatic N) is 2. The minimum absolute atomic E-state index is 0.348. The van der Waals surface area contributed by atoms with E-state index in [1.54, 1.807) is 11.8 Å². The first-order valence-corrected chi connectivity index (χ1v) is 7.62. The Morgan fingerprint density at radius 3 is 2.72 bits per heavy atom. The van der Waals surface area contributed by atoms with Crippen LogP contribution in [0.4, 0.5) is 0 Å². The van der Waals surface area contributed by atoms with Gasteiger partial charge in [0, 0.05) is 11.8 Å². The second-order valence-corrected chi connectivity index (χ2v) is 6.14. The minimum Gasteiger partial charge on any atom is -0.312 e. The van der Waals surface area contributed by atoms with E-state index in [2.05, 4.69) is 45.9 Å². The van der Waals surface area contributed by atoms with Crippen LogP contribution in [0.3, 0.4) is 0 Å². The summed E-state index contributed by atoms with van der Waals surface area (Å²) in [5.74, 6) is 1.83. The van der Waals surface area contributed by atoms with Crippen LogP contribution in [0.2, 0.25) is 0 Å². The van der Waals surface area contributed by atoms with Gasteiger partial charge in [-0.2, -0.15) is 4.37 Å². The number of nitrogens with one attached hydrogen (secondary N) is 1. The molecule has 0 radical (unpaired) electrons. The van der Waals surface area contributed by atoms with E-state index < -0.39 is 0 Å². The summed E-state index contributed by atoms with van der Waals surface area (Å²) in [4.78, 5) is 4.38. The van der Waals surface area contributed by atoms with Crippen molar-refractivity contribution in [2.75, 3.05) is 12.8 Å². The molecule has 96 valence electrons. The largest absolute Gasteiger partial charge is 0.312 e. The van der Waals surface area contributed by atoms with E-state index in [9.17, 15) is 0 Å². The first-order valence-electron chi connectivity index (χ1n) is 5.86. The Kier molecular flexibility index (Phi) is 4.74. The fourth-order valence-corrected chi connectivity index (χ4v) is 3.60. The molecule has 3 nitrogen and oxygen atoms in total. The molecule has 18 heavy (non-hydrogen) atoms. The van der Waals surface area contributed by atoms with Gasteiger partial charge in [0.15, 0.2) is 4.34 Å². The van der Waals surface area contributed by atoms with Crippen molar-refractivity contribution >= 4 is 23.3 Å². The first-order chi connectivity index (χ1) is 8.70. The number of hydrogen-bond acceptors (Lipinski definition) is 5. The molecule has 0 amide bonds. The van der Waals surface area contributed by atoms with Crippen LogP contribution in [0, 0.1) is 13.8 Å². The SMILES string of the molecule is CNC(CSc1nc(C)ns1)c1ccccc1C. The third kappa shape index (κ3) is 3.31. The van der Waals surface area contributed by atoms with Gasteiger partial charge in [-0.25, -0.2) is 4.98 Å². The Labute approximate surface area is 116 Å². The van der Waals surface area contributed by atoms with Crippen LogP contribution in [-0.2, 0) is 0 Å². The zero-order valence-corrected chi connectivity index (χ0v) is 12.4. The van der Waals surface area contributed by atoms with Crippen molar-refractivity contribution in [3.05, 3.63) is 41.2 Å². The molecule has 1 aromatic carbocycles. The van der Waals surface area contributed by atoms with Gasteiger partial charge in [-0.3, -0.25) is 0 Å². The van der Waals surface area contributed by atoms with Crippen molar-refractivity contribution in [1.82, 2.24) is 14.7 Å². The molecule has 0 fully saturated rings. The zero-order valence-electron chi connectivity index (χ0n) is 10.8. The number of benzene rings is 1. The molecular weight excluding hydrogens is 262 g/mol. The highest BCUT2D eigenvalue weighted by atomic mass is 32.2. The van der Waals surface area contributed by atoms with Crippen molar-refractivity contribution in [2.45, 2.75) is 24.2 Å². The van der Waals surface area contributed by atoms with Crippen molar-refractivity contribution < 1.29 is 0 Å². The van der Waals surface area contributed by atoms with Gasteiger partial charge in [0.25, 0.3) is 0 Å². The van der Waals surface area contributed by atoms with E-state index in [-0.39, 0.29) is 0 Å². The summed E-state index contributed by atoms with van der Waals surface area (Å²) in [5, 5.41) is 3.37. The van der Waals surface area contributed by atoms with Gasteiger partial charge in [0.1, 0.15) is 5.82 Å². The molecular formula is C13H17N3S2. The van der Waals surface area contributed by atoms with Crippen LogP contribution in [0.15, 0.2) is 28.6 Å².